The van der Waals surface area contributed by atoms with Crippen molar-refractivity contribution in [1.82, 2.24) is 10.5 Å². The number of nitrogens with zero attached hydrogens (tertiary/aromatic N) is 1. The van der Waals surface area contributed by atoms with Crippen molar-refractivity contribution in [2.45, 2.75) is 30.7 Å². The number of amides is 1. The van der Waals surface area contributed by atoms with E-state index in [1.54, 1.807) is 24.5 Å². The highest BCUT2D eigenvalue weighted by atomic mass is 32.2. The molecule has 0 bridgehead atoms. The molecule has 6 nitrogen and oxygen atoms in total. The third kappa shape index (κ3) is 2.16. The van der Waals surface area contributed by atoms with Gasteiger partial charge in [0.1, 0.15) is 0 Å². The summed E-state index contributed by atoms with van der Waals surface area (Å²) >= 11 is 1.28. The van der Waals surface area contributed by atoms with E-state index >= 15 is 0 Å². The Kier molecular flexibility index (Phi) is 3.11. The summed E-state index contributed by atoms with van der Waals surface area (Å²) in [6.45, 7) is 0. The molecular weight excluding hydrogens is 304 g/mol. The molecule has 4 rings (SSSR count). The maximum absolute atomic E-state index is 12.5. The van der Waals surface area contributed by atoms with Gasteiger partial charge in [0.2, 0.25) is 16.8 Å². The van der Waals surface area contributed by atoms with Gasteiger partial charge in [0, 0.05) is 11.8 Å². The molecule has 1 saturated carbocycles. The van der Waals surface area contributed by atoms with Crippen LogP contribution in [0, 0.1) is 0 Å². The van der Waals surface area contributed by atoms with Crippen molar-refractivity contribution in [3.63, 3.8) is 0 Å². The minimum absolute atomic E-state index is 0.0422. The van der Waals surface area contributed by atoms with E-state index in [1.807, 2.05) is 0 Å². The van der Waals surface area contributed by atoms with Crippen molar-refractivity contribution < 1.29 is 18.5 Å². The topological polar surface area (TPSA) is 85.3 Å². The Hall–Kier alpha value is -2.02. The molecule has 1 aliphatic carbocycles. The Balaban J connectivity index is 1.54. The van der Waals surface area contributed by atoms with Crippen molar-refractivity contribution >= 4 is 22.8 Å². The van der Waals surface area contributed by atoms with Crippen molar-refractivity contribution in [2.75, 3.05) is 5.75 Å². The first-order valence-corrected chi connectivity index (χ1v) is 8.16. The molecule has 1 amide bonds. The van der Waals surface area contributed by atoms with Gasteiger partial charge in [-0.2, -0.15) is 0 Å². The number of hydrogen-bond acceptors (Lipinski definition) is 6. The Morgan fingerprint density at radius 2 is 2.27 bits per heavy atom. The third-order valence-electron chi connectivity index (χ3n) is 4.19. The molecule has 1 N–H and O–H groups in total. The molecule has 1 aliphatic heterocycles. The molecule has 3 heterocycles. The van der Waals surface area contributed by atoms with E-state index < -0.39 is 5.41 Å². The summed E-state index contributed by atoms with van der Waals surface area (Å²) in [7, 11) is 0. The minimum atomic E-state index is -0.651. The molecule has 2 aromatic rings. The van der Waals surface area contributed by atoms with Crippen molar-refractivity contribution in [3.05, 3.63) is 30.2 Å². The maximum atomic E-state index is 12.5. The zero-order chi connectivity index (χ0) is 15.2. The lowest BCUT2D eigenvalue weighted by Crippen LogP contribution is -2.43. The average Bonchev–Trinajstić information content (AvgIpc) is 2.93. The molecule has 7 heteroatoms. The number of carbonyl (C=O) groups excluding carboxylic acids is 2. The van der Waals surface area contributed by atoms with E-state index in [4.69, 9.17) is 8.94 Å². The number of nitrogens with one attached hydrogen (secondary N) is 1. The predicted molar refractivity (Wildman–Crippen MR) is 79.1 cm³/mol. The van der Waals surface area contributed by atoms with Gasteiger partial charge >= 0.3 is 0 Å². The molecule has 1 atom stereocenters. The molecule has 114 valence electrons. The van der Waals surface area contributed by atoms with E-state index in [2.05, 4.69) is 10.5 Å². The summed E-state index contributed by atoms with van der Waals surface area (Å²) < 4.78 is 10.5. The third-order valence-corrected chi connectivity index (χ3v) is 5.20. The Bertz CT molecular complexity index is 718. The van der Waals surface area contributed by atoms with Crippen LogP contribution in [0.4, 0.5) is 0 Å². The first-order valence-electron chi connectivity index (χ1n) is 7.18. The number of rotatable bonds is 4. The number of aromatic nitrogens is 1. The summed E-state index contributed by atoms with van der Waals surface area (Å²) in [5, 5.41) is 6.94. The molecule has 0 spiro atoms. The number of carbonyl (C=O) groups is 2. The number of hydrogen-bond donors (Lipinski definition) is 1. The highest BCUT2D eigenvalue weighted by Crippen LogP contribution is 2.48. The van der Waals surface area contributed by atoms with Crippen molar-refractivity contribution in [2.24, 2.45) is 0 Å². The van der Waals surface area contributed by atoms with Gasteiger partial charge in [0.05, 0.1) is 23.4 Å². The van der Waals surface area contributed by atoms with E-state index in [-0.39, 0.29) is 17.1 Å². The van der Waals surface area contributed by atoms with Crippen LogP contribution in [-0.4, -0.2) is 28.0 Å². The SMILES string of the molecule is O=C1SCCC1NC(=O)C1(c2cc(-c3ccco3)on2)CC1. The fourth-order valence-electron chi connectivity index (χ4n) is 2.68. The van der Waals surface area contributed by atoms with Crippen LogP contribution in [0.1, 0.15) is 25.0 Å². The van der Waals surface area contributed by atoms with Gasteiger partial charge in [-0.15, -0.1) is 0 Å². The number of thioether (sulfide) groups is 1. The zero-order valence-corrected chi connectivity index (χ0v) is 12.5. The fourth-order valence-corrected chi connectivity index (χ4v) is 3.62. The normalized spacial score (nSPS) is 22.7. The molecule has 2 fully saturated rings. The van der Waals surface area contributed by atoms with Crippen LogP contribution in [0.25, 0.3) is 11.5 Å². The first kappa shape index (κ1) is 13.6. The van der Waals surface area contributed by atoms with Gasteiger partial charge in [-0.1, -0.05) is 16.9 Å². The molecule has 2 aromatic heterocycles. The highest BCUT2D eigenvalue weighted by molar-refractivity contribution is 8.14. The minimum Gasteiger partial charge on any atom is -0.461 e. The van der Waals surface area contributed by atoms with Crippen LogP contribution < -0.4 is 5.32 Å². The van der Waals surface area contributed by atoms with Gasteiger partial charge in [0.15, 0.2) is 5.76 Å². The Morgan fingerprint density at radius 3 is 2.91 bits per heavy atom. The van der Waals surface area contributed by atoms with E-state index in [0.717, 1.165) is 18.6 Å². The lowest BCUT2D eigenvalue weighted by molar-refractivity contribution is -0.126. The van der Waals surface area contributed by atoms with Gasteiger partial charge in [-0.05, 0) is 31.4 Å². The van der Waals surface area contributed by atoms with Gasteiger partial charge in [-0.25, -0.2) is 0 Å². The first-order chi connectivity index (χ1) is 10.7. The highest BCUT2D eigenvalue weighted by Gasteiger charge is 2.54. The van der Waals surface area contributed by atoms with Crippen molar-refractivity contribution in [1.29, 1.82) is 0 Å². The van der Waals surface area contributed by atoms with Crippen molar-refractivity contribution in [3.8, 4) is 11.5 Å². The molecule has 22 heavy (non-hydrogen) atoms. The second-order valence-electron chi connectivity index (χ2n) is 5.62. The van der Waals surface area contributed by atoms with Crippen LogP contribution >= 0.6 is 11.8 Å². The standard InChI is InChI=1S/C15H14N2O4S/c18-13-9(3-7-22-13)16-14(19)15(4-5-15)12-8-11(21-17-12)10-2-1-6-20-10/h1-2,6,8-9H,3-5,7H2,(H,16,19). The summed E-state index contributed by atoms with van der Waals surface area (Å²) in [6.07, 6.45) is 3.69. The summed E-state index contributed by atoms with van der Waals surface area (Å²) in [5.74, 6) is 1.72. The van der Waals surface area contributed by atoms with E-state index in [0.29, 0.717) is 23.6 Å². The number of furan rings is 1. The molecule has 0 aromatic carbocycles. The van der Waals surface area contributed by atoms with Crippen LogP contribution in [0.3, 0.4) is 0 Å². The molecule has 1 unspecified atom stereocenters. The fraction of sp³-hybridized carbons (Fsp3) is 0.400. The maximum Gasteiger partial charge on any atom is 0.233 e. The summed E-state index contributed by atoms with van der Waals surface area (Å²) in [5.41, 5.74) is -0.0449. The van der Waals surface area contributed by atoms with Crippen LogP contribution in [0.2, 0.25) is 0 Å². The smallest absolute Gasteiger partial charge is 0.233 e. The van der Waals surface area contributed by atoms with E-state index in [1.165, 1.54) is 11.8 Å². The Morgan fingerprint density at radius 1 is 1.41 bits per heavy atom. The summed E-state index contributed by atoms with van der Waals surface area (Å²) in [6, 6.07) is 4.92. The van der Waals surface area contributed by atoms with Crippen LogP contribution in [0.15, 0.2) is 33.4 Å². The average molecular weight is 318 g/mol. The predicted octanol–water partition coefficient (Wildman–Crippen LogP) is 2.11. The second-order valence-corrected chi connectivity index (χ2v) is 6.72. The van der Waals surface area contributed by atoms with Crippen LogP contribution in [-0.2, 0) is 15.0 Å². The van der Waals surface area contributed by atoms with Gasteiger partial charge in [-0.3, -0.25) is 9.59 Å². The van der Waals surface area contributed by atoms with Gasteiger partial charge < -0.3 is 14.3 Å². The summed E-state index contributed by atoms with van der Waals surface area (Å²) in [4.78, 5) is 24.2. The zero-order valence-electron chi connectivity index (χ0n) is 11.7. The van der Waals surface area contributed by atoms with Crippen LogP contribution in [0.5, 0.6) is 0 Å². The van der Waals surface area contributed by atoms with E-state index in [9.17, 15) is 9.59 Å². The lowest BCUT2D eigenvalue weighted by atomic mass is 10.0. The second kappa shape index (κ2) is 5.01. The molecular formula is C15H14N2O4S. The molecule has 1 saturated heterocycles. The molecule has 0 radical (unpaired) electrons. The monoisotopic (exact) mass is 318 g/mol. The lowest BCUT2D eigenvalue weighted by Gasteiger charge is -2.15. The Labute approximate surface area is 130 Å². The van der Waals surface area contributed by atoms with Gasteiger partial charge in [0.25, 0.3) is 0 Å². The molecule has 2 aliphatic rings. The quantitative estimate of drug-likeness (QED) is 0.929. The largest absolute Gasteiger partial charge is 0.461 e.